The molecule has 158 valence electrons. The molecule has 4 rings (SSSR count). The molecule has 0 saturated carbocycles. The van der Waals surface area contributed by atoms with E-state index in [9.17, 15) is 12.8 Å². The molecular weight excluding hydrogens is 413 g/mol. The van der Waals surface area contributed by atoms with Crippen molar-refractivity contribution in [3.63, 3.8) is 0 Å². The highest BCUT2D eigenvalue weighted by atomic mass is 32.2. The average Bonchev–Trinajstić information content (AvgIpc) is 3.42. The molecule has 2 N–H and O–H groups in total. The summed E-state index contributed by atoms with van der Waals surface area (Å²) < 4.78 is 42.6. The Morgan fingerprint density at radius 3 is 2.67 bits per heavy atom. The second-order valence-corrected chi connectivity index (χ2v) is 8.66. The molecule has 3 aromatic rings. The standard InChI is InChI=1S/C17H20FN9O2S/c1-26(2)16-14(10-19-17(20-16)27-7-3-4-8-27)23-30(28,29)11-5-6-13(18)12(9-11)15-21-24-25-22-15/h5-6,9-10,23H,3-4,7-8H2,1-2H3,(H,21,22,24,25). The highest BCUT2D eigenvalue weighted by Crippen LogP contribution is 2.29. The van der Waals surface area contributed by atoms with E-state index in [0.29, 0.717) is 11.8 Å². The molecule has 0 bridgehead atoms. The van der Waals surface area contributed by atoms with Crippen molar-refractivity contribution in [3.8, 4) is 11.4 Å². The molecule has 1 saturated heterocycles. The van der Waals surface area contributed by atoms with Gasteiger partial charge in [0.05, 0.1) is 16.7 Å². The number of aromatic amines is 1. The smallest absolute Gasteiger partial charge is 0.262 e. The third-order valence-corrected chi connectivity index (χ3v) is 6.01. The lowest BCUT2D eigenvalue weighted by atomic mass is 10.2. The third kappa shape index (κ3) is 3.87. The number of tetrazole rings is 1. The molecule has 2 aromatic heterocycles. The zero-order valence-electron chi connectivity index (χ0n) is 16.4. The van der Waals surface area contributed by atoms with E-state index in [2.05, 4.69) is 40.2 Å². The van der Waals surface area contributed by atoms with Gasteiger partial charge in [-0.1, -0.05) is 0 Å². The first-order chi connectivity index (χ1) is 14.3. The van der Waals surface area contributed by atoms with Gasteiger partial charge in [-0.15, -0.1) is 10.2 Å². The van der Waals surface area contributed by atoms with Crippen LogP contribution >= 0.6 is 0 Å². The molecule has 1 aromatic carbocycles. The van der Waals surface area contributed by atoms with Gasteiger partial charge in [0.15, 0.2) is 5.82 Å². The molecule has 0 amide bonds. The summed E-state index contributed by atoms with van der Waals surface area (Å²) in [5.41, 5.74) is 0.133. The summed E-state index contributed by atoms with van der Waals surface area (Å²) in [6.45, 7) is 1.73. The summed E-state index contributed by atoms with van der Waals surface area (Å²) in [6, 6.07) is 3.35. The van der Waals surface area contributed by atoms with Gasteiger partial charge in [0, 0.05) is 27.2 Å². The van der Waals surface area contributed by atoms with Gasteiger partial charge < -0.3 is 9.80 Å². The third-order valence-electron chi connectivity index (χ3n) is 4.65. The molecule has 1 aliphatic heterocycles. The first kappa shape index (κ1) is 19.9. The summed E-state index contributed by atoms with van der Waals surface area (Å²) in [5, 5.41) is 13.0. The second-order valence-electron chi connectivity index (χ2n) is 6.98. The van der Waals surface area contributed by atoms with Gasteiger partial charge >= 0.3 is 0 Å². The van der Waals surface area contributed by atoms with E-state index >= 15 is 0 Å². The molecule has 13 heteroatoms. The number of halogens is 1. The van der Waals surface area contributed by atoms with Crippen molar-refractivity contribution in [1.82, 2.24) is 30.6 Å². The number of nitrogens with zero attached hydrogens (tertiary/aromatic N) is 7. The SMILES string of the molecule is CN(C)c1nc(N2CCCC2)ncc1NS(=O)(=O)c1ccc(F)c(-c2nn[nH]n2)c1. The second kappa shape index (κ2) is 7.82. The molecule has 30 heavy (non-hydrogen) atoms. The summed E-state index contributed by atoms with van der Waals surface area (Å²) in [6.07, 6.45) is 3.59. The van der Waals surface area contributed by atoms with Crippen molar-refractivity contribution in [2.75, 3.05) is 41.7 Å². The van der Waals surface area contributed by atoms with Crippen LogP contribution in [0.3, 0.4) is 0 Å². The van der Waals surface area contributed by atoms with Gasteiger partial charge in [0.1, 0.15) is 11.5 Å². The van der Waals surface area contributed by atoms with Crippen molar-refractivity contribution >= 4 is 27.5 Å². The van der Waals surface area contributed by atoms with Gasteiger partial charge in [-0.2, -0.15) is 10.2 Å². The molecular formula is C17H20FN9O2S. The van der Waals surface area contributed by atoms with Crippen molar-refractivity contribution in [1.29, 1.82) is 0 Å². The van der Waals surface area contributed by atoms with Crippen LogP contribution in [-0.4, -0.2) is 66.2 Å². The number of nitrogens with one attached hydrogen (secondary N) is 2. The van der Waals surface area contributed by atoms with E-state index in [1.54, 1.807) is 19.0 Å². The Balaban J connectivity index is 1.67. The van der Waals surface area contributed by atoms with Crippen molar-refractivity contribution < 1.29 is 12.8 Å². The summed E-state index contributed by atoms with van der Waals surface area (Å²) in [4.78, 5) is 12.5. The molecule has 3 heterocycles. The first-order valence-electron chi connectivity index (χ1n) is 9.20. The van der Waals surface area contributed by atoms with Crippen LogP contribution in [0.4, 0.5) is 21.8 Å². The number of rotatable bonds is 6. The van der Waals surface area contributed by atoms with E-state index in [1.807, 2.05) is 0 Å². The Labute approximate surface area is 172 Å². The van der Waals surface area contributed by atoms with Crippen molar-refractivity contribution in [2.24, 2.45) is 0 Å². The Kier molecular flexibility index (Phi) is 5.20. The molecule has 1 fully saturated rings. The van der Waals surface area contributed by atoms with Gasteiger partial charge in [-0.3, -0.25) is 4.72 Å². The zero-order chi connectivity index (χ0) is 21.3. The highest BCUT2D eigenvalue weighted by molar-refractivity contribution is 7.92. The van der Waals surface area contributed by atoms with Gasteiger partial charge in [-0.05, 0) is 36.3 Å². The van der Waals surface area contributed by atoms with E-state index in [0.717, 1.165) is 44.1 Å². The fraction of sp³-hybridized carbons (Fsp3) is 0.353. The quantitative estimate of drug-likeness (QED) is 0.589. The van der Waals surface area contributed by atoms with E-state index in [4.69, 9.17) is 0 Å². The largest absolute Gasteiger partial charge is 0.361 e. The minimum atomic E-state index is -4.05. The predicted octanol–water partition coefficient (Wildman–Crippen LogP) is 1.26. The van der Waals surface area contributed by atoms with Crippen LogP contribution in [-0.2, 0) is 10.0 Å². The number of hydrogen-bond acceptors (Lipinski definition) is 9. The Bertz CT molecular complexity index is 1150. The predicted molar refractivity (Wildman–Crippen MR) is 108 cm³/mol. The van der Waals surface area contributed by atoms with Crippen LogP contribution < -0.4 is 14.5 Å². The number of benzene rings is 1. The fourth-order valence-corrected chi connectivity index (χ4v) is 4.24. The maximum atomic E-state index is 14.1. The molecule has 11 nitrogen and oxygen atoms in total. The van der Waals surface area contributed by atoms with E-state index in [1.165, 1.54) is 6.20 Å². The molecule has 0 aliphatic carbocycles. The van der Waals surface area contributed by atoms with Crippen LogP contribution in [0.1, 0.15) is 12.8 Å². The number of H-pyrrole nitrogens is 1. The molecule has 0 radical (unpaired) electrons. The Morgan fingerprint density at radius 1 is 1.23 bits per heavy atom. The molecule has 0 atom stereocenters. The molecule has 0 spiro atoms. The monoisotopic (exact) mass is 433 g/mol. The van der Waals surface area contributed by atoms with E-state index in [-0.39, 0.29) is 22.0 Å². The normalized spacial score (nSPS) is 14.2. The number of sulfonamides is 1. The van der Waals surface area contributed by atoms with Crippen LogP contribution in [0.2, 0.25) is 0 Å². The zero-order valence-corrected chi connectivity index (χ0v) is 17.2. The lowest BCUT2D eigenvalue weighted by molar-refractivity contribution is 0.600. The lowest BCUT2D eigenvalue weighted by Crippen LogP contribution is -2.24. The van der Waals surface area contributed by atoms with Crippen LogP contribution in [0, 0.1) is 5.82 Å². The van der Waals surface area contributed by atoms with Crippen LogP contribution in [0.5, 0.6) is 0 Å². The minimum absolute atomic E-state index is 0.0446. The maximum absolute atomic E-state index is 14.1. The van der Waals surface area contributed by atoms with Crippen LogP contribution in [0.25, 0.3) is 11.4 Å². The number of aromatic nitrogens is 6. The summed E-state index contributed by atoms with van der Waals surface area (Å²) in [7, 11) is -0.527. The molecule has 1 aliphatic rings. The van der Waals surface area contributed by atoms with E-state index < -0.39 is 15.8 Å². The highest BCUT2D eigenvalue weighted by Gasteiger charge is 2.23. The molecule has 0 unspecified atom stereocenters. The maximum Gasteiger partial charge on any atom is 0.262 e. The van der Waals surface area contributed by atoms with Gasteiger partial charge in [0.25, 0.3) is 10.0 Å². The summed E-state index contributed by atoms with van der Waals surface area (Å²) in [5.74, 6) is 0.274. The summed E-state index contributed by atoms with van der Waals surface area (Å²) >= 11 is 0. The van der Waals surface area contributed by atoms with Gasteiger partial charge in [0.2, 0.25) is 11.8 Å². The number of anilines is 3. The first-order valence-corrected chi connectivity index (χ1v) is 10.7. The van der Waals surface area contributed by atoms with Crippen molar-refractivity contribution in [3.05, 3.63) is 30.2 Å². The van der Waals surface area contributed by atoms with Gasteiger partial charge in [-0.25, -0.2) is 17.8 Å². The van der Waals surface area contributed by atoms with Crippen molar-refractivity contribution in [2.45, 2.75) is 17.7 Å². The number of hydrogen-bond donors (Lipinski definition) is 2. The Morgan fingerprint density at radius 2 is 2.00 bits per heavy atom. The lowest BCUT2D eigenvalue weighted by Gasteiger charge is -2.21. The topological polar surface area (TPSA) is 133 Å². The minimum Gasteiger partial charge on any atom is -0.361 e. The Hall–Kier alpha value is -3.35. The van der Waals surface area contributed by atoms with Crippen LogP contribution in [0.15, 0.2) is 29.3 Å². The fourth-order valence-electron chi connectivity index (χ4n) is 3.17. The average molecular weight is 433 g/mol.